The van der Waals surface area contributed by atoms with Crippen LogP contribution in [0.3, 0.4) is 0 Å². The summed E-state index contributed by atoms with van der Waals surface area (Å²) in [5, 5.41) is 46.1. The SMILES string of the molecule is COc1ccc(C#CCNC2(C)CCN(C3CCN(c4nc([C@@](CO)(OC5CC5)c5ccccc5)c5cc(-c6cn(C)c(=O)c7[nH]ccc67)ccc5n4)CC3)CC2)cc1N1CCC(=O)N(CNC(=O)[C@H](CC(=O)O)NC(=O)[C@H](CO)NC(=O)[C@@H](C)NC(=O)OCC2c3ccccc3-c3ccccc32)C1=O. The molecule has 1 saturated carbocycles. The van der Waals surface area contributed by atoms with Crippen molar-refractivity contribution >= 4 is 75.2 Å². The highest BCUT2D eigenvalue weighted by atomic mass is 16.5. The van der Waals surface area contributed by atoms with Crippen LogP contribution in [0.5, 0.6) is 5.75 Å². The van der Waals surface area contributed by atoms with Gasteiger partial charge in [0.25, 0.3) is 5.56 Å². The maximum absolute atomic E-state index is 14.2. The topological polar surface area (TPSA) is 345 Å². The van der Waals surface area contributed by atoms with Gasteiger partial charge in [0.05, 0.1) is 56.3 Å². The number of aryl methyl sites for hydroxylation is 1. The number of likely N-dealkylation sites (tertiary alicyclic amines) is 1. The molecule has 9 N–H and O–H groups in total. The van der Waals surface area contributed by atoms with Crippen LogP contribution in [-0.4, -0.2) is 195 Å². The van der Waals surface area contributed by atoms with Gasteiger partial charge in [-0.05, 0) is 122 Å². The van der Waals surface area contributed by atoms with Crippen LogP contribution in [0.4, 0.5) is 21.2 Å². The summed E-state index contributed by atoms with van der Waals surface area (Å²) in [5.74, 6) is 1.78. The Labute approximate surface area is 605 Å². The second kappa shape index (κ2) is 31.1. The highest BCUT2D eigenvalue weighted by Gasteiger charge is 2.45. The quantitative estimate of drug-likeness (QED) is 0.0298. The number of carboxylic acid groups (broad SMARTS) is 1. The molecule has 27 nitrogen and oxygen atoms in total. The van der Waals surface area contributed by atoms with Crippen LogP contribution in [0.15, 0.2) is 139 Å². The zero-order chi connectivity index (χ0) is 73.7. The van der Waals surface area contributed by atoms with E-state index in [-0.39, 0.29) is 49.3 Å². The number of piperidine rings is 2. The van der Waals surface area contributed by atoms with Crippen LogP contribution in [0.25, 0.3) is 44.1 Å². The van der Waals surface area contributed by atoms with Crippen molar-refractivity contribution in [3.05, 3.63) is 172 Å². The Morgan fingerprint density at radius 3 is 2.16 bits per heavy atom. The number of fused-ring (bicyclic) bond motifs is 5. The normalized spacial score (nSPS) is 17.5. The lowest BCUT2D eigenvalue weighted by atomic mass is 9.87. The molecular weight excluding hydrogens is 1340 g/mol. The van der Waals surface area contributed by atoms with Crippen molar-refractivity contribution in [2.75, 3.05) is 82.7 Å². The third-order valence-electron chi connectivity index (χ3n) is 20.7. The lowest BCUT2D eigenvalue weighted by Crippen LogP contribution is -2.59. The number of anilines is 2. The number of rotatable bonds is 25. The molecule has 13 rings (SSSR count). The van der Waals surface area contributed by atoms with Gasteiger partial charge in [-0.3, -0.25) is 33.7 Å². The molecule has 7 amide bonds. The van der Waals surface area contributed by atoms with E-state index in [9.17, 15) is 53.7 Å². The van der Waals surface area contributed by atoms with E-state index in [4.69, 9.17) is 24.2 Å². The number of hydrogen-bond acceptors (Lipinski definition) is 18. The minimum Gasteiger partial charge on any atom is -0.495 e. The van der Waals surface area contributed by atoms with E-state index in [0.29, 0.717) is 46.7 Å². The number of imide groups is 1. The summed E-state index contributed by atoms with van der Waals surface area (Å²) in [7, 11) is 3.18. The first-order chi connectivity index (χ1) is 50.7. The number of nitrogens with one attached hydrogen (secondary N) is 6. The van der Waals surface area contributed by atoms with Crippen molar-refractivity contribution in [1.29, 1.82) is 0 Å². The number of carbonyl (C=O) groups excluding carboxylic acids is 6. The number of hydrogen-bond donors (Lipinski definition) is 9. The number of amides is 7. The van der Waals surface area contributed by atoms with Crippen molar-refractivity contribution in [3.63, 3.8) is 0 Å². The van der Waals surface area contributed by atoms with Gasteiger partial charge in [-0.2, -0.15) is 0 Å². The molecule has 27 heteroatoms. The van der Waals surface area contributed by atoms with Gasteiger partial charge in [0, 0.05) is 98.0 Å². The average Bonchev–Trinajstić information content (AvgIpc) is 1.72. The number of pyridine rings is 1. The average molecular weight is 1430 g/mol. The molecule has 0 radical (unpaired) electrons. The Morgan fingerprint density at radius 1 is 0.771 bits per heavy atom. The summed E-state index contributed by atoms with van der Waals surface area (Å²) in [6, 6.07) is 33.1. The molecule has 5 aliphatic rings. The van der Waals surface area contributed by atoms with Crippen LogP contribution in [0.1, 0.15) is 99.1 Å². The van der Waals surface area contributed by atoms with E-state index in [1.165, 1.54) is 18.9 Å². The van der Waals surface area contributed by atoms with Crippen LogP contribution in [0.2, 0.25) is 0 Å². The zero-order valence-corrected chi connectivity index (χ0v) is 58.9. The Kier molecular flexibility index (Phi) is 21.4. The highest BCUT2D eigenvalue weighted by Crippen LogP contribution is 2.46. The van der Waals surface area contributed by atoms with E-state index < -0.39 is 85.1 Å². The van der Waals surface area contributed by atoms with Gasteiger partial charge in [-0.15, -0.1) is 0 Å². The fourth-order valence-corrected chi connectivity index (χ4v) is 14.6. The molecule has 2 aliphatic carbocycles. The number of benzene rings is 5. The predicted molar refractivity (Wildman–Crippen MR) is 391 cm³/mol. The summed E-state index contributed by atoms with van der Waals surface area (Å²) in [6.45, 7) is 5.00. The number of ether oxygens (including phenoxy) is 3. The number of carbonyl (C=O) groups is 7. The maximum atomic E-state index is 14.2. The summed E-state index contributed by atoms with van der Waals surface area (Å²) in [4.78, 5) is 127. The smallest absolute Gasteiger partial charge is 0.407 e. The van der Waals surface area contributed by atoms with Crippen molar-refractivity contribution in [2.45, 2.75) is 113 Å². The number of aliphatic hydroxyl groups is 2. The number of aliphatic hydroxyl groups excluding tert-OH is 2. The van der Waals surface area contributed by atoms with E-state index in [1.54, 1.807) is 36.0 Å². The number of aromatic nitrogens is 4. The molecule has 0 bridgehead atoms. The lowest BCUT2D eigenvalue weighted by molar-refractivity contribution is -0.141. The highest BCUT2D eigenvalue weighted by molar-refractivity contribution is 6.07. The third kappa shape index (κ3) is 15.5. The molecule has 546 valence electrons. The standard InChI is InChI=1S/C78H85N13O14/c1-47(82-75(101)104-44-60-55-18-10-8-16-53(55)54-17-9-11-19-56(54)60)70(97)84-63(43-92)72(99)83-62(41-67(95)96)71(98)80-46-91-66(94)29-36-90(76(91)102)64-39-48(20-25-65(64)103-4)13-12-32-81-77(2)30-37-88(38-31-77)51-27-34-89(35-28-51)74-85-61-24-21-49(59-42-87(3)73(100)68-57(59)26-33-79-68)40-58(61)69(86-74)78(45-93,105-52-22-23-52)50-14-6-5-7-15-50/h5-11,14-21,24-26,33,39-40,42,47,51-52,60,62-63,79,81,92-93H,22-23,27-32,34-38,41,43-46H2,1-4H3,(H,80,98)(H,82,101)(H,83,99)(H,84,97)(H,95,96)/t47-,62+,63+,78+/m1/s1. The monoisotopic (exact) mass is 1430 g/mol. The maximum Gasteiger partial charge on any atom is 0.407 e. The van der Waals surface area contributed by atoms with E-state index >= 15 is 0 Å². The largest absolute Gasteiger partial charge is 0.495 e. The van der Waals surface area contributed by atoms with Crippen molar-refractivity contribution in [1.82, 2.24) is 55.9 Å². The fourth-order valence-electron chi connectivity index (χ4n) is 14.6. The molecule has 3 aliphatic heterocycles. The number of aromatic amines is 1. The predicted octanol–water partition coefficient (Wildman–Crippen LogP) is 5.96. The van der Waals surface area contributed by atoms with Crippen molar-refractivity contribution in [3.8, 4) is 39.8 Å². The Hall–Kier alpha value is -11.0. The summed E-state index contributed by atoms with van der Waals surface area (Å²) >= 11 is 0. The molecule has 3 aromatic heterocycles. The minimum absolute atomic E-state index is 0.0333. The van der Waals surface area contributed by atoms with Crippen molar-refractivity contribution in [2.24, 2.45) is 7.05 Å². The van der Waals surface area contributed by atoms with Gasteiger partial charge in [-0.25, -0.2) is 24.5 Å². The molecule has 6 heterocycles. The number of urea groups is 1. The molecule has 0 spiro atoms. The van der Waals surface area contributed by atoms with Crippen LogP contribution < -0.4 is 46.7 Å². The molecule has 4 fully saturated rings. The number of H-pyrrole nitrogens is 1. The third-order valence-corrected chi connectivity index (χ3v) is 20.7. The summed E-state index contributed by atoms with van der Waals surface area (Å²) < 4.78 is 19.7. The van der Waals surface area contributed by atoms with Gasteiger partial charge in [0.2, 0.25) is 29.6 Å². The van der Waals surface area contributed by atoms with Crippen LogP contribution >= 0.6 is 0 Å². The second-order valence-electron chi connectivity index (χ2n) is 27.7. The Morgan fingerprint density at radius 2 is 1.48 bits per heavy atom. The number of alkyl carbamates (subject to hydrolysis) is 1. The van der Waals surface area contributed by atoms with E-state index in [2.05, 4.69) is 66.2 Å². The summed E-state index contributed by atoms with van der Waals surface area (Å²) in [6.07, 6.45) is 6.87. The fraction of sp³-hybridized carbons (Fsp3) is 0.385. The zero-order valence-electron chi connectivity index (χ0n) is 58.9. The van der Waals surface area contributed by atoms with Crippen LogP contribution in [-0.2, 0) is 46.1 Å². The first-order valence-corrected chi connectivity index (χ1v) is 35.4. The number of aliphatic carboxylic acids is 1. The molecular formula is C78H85N13O14. The minimum atomic E-state index is -1.81. The first-order valence-electron chi connectivity index (χ1n) is 35.4. The molecule has 0 unspecified atom stereocenters. The molecule has 8 aromatic rings. The first kappa shape index (κ1) is 72.3. The van der Waals surface area contributed by atoms with Gasteiger partial charge in [-0.1, -0.05) is 96.8 Å². The van der Waals surface area contributed by atoms with E-state index in [0.717, 1.165) is 125 Å². The Balaban J connectivity index is 0.594. The lowest BCUT2D eigenvalue weighted by Gasteiger charge is -2.45. The van der Waals surface area contributed by atoms with Gasteiger partial charge >= 0.3 is 18.1 Å². The van der Waals surface area contributed by atoms with E-state index in [1.807, 2.05) is 103 Å². The van der Waals surface area contributed by atoms with Crippen molar-refractivity contribution < 1.29 is 63.1 Å². The summed E-state index contributed by atoms with van der Waals surface area (Å²) in [5.41, 5.74) is 7.63. The second-order valence-corrected chi connectivity index (χ2v) is 27.7. The molecule has 5 aromatic carbocycles. The van der Waals surface area contributed by atoms with Gasteiger partial charge in [0.1, 0.15) is 42.7 Å². The van der Waals surface area contributed by atoms with Gasteiger partial charge in [0.15, 0.2) is 5.60 Å². The molecule has 105 heavy (non-hydrogen) atoms. The molecule has 4 atom stereocenters. The number of nitrogens with zero attached hydrogens (tertiary/aromatic N) is 7. The molecule has 3 saturated heterocycles. The van der Waals surface area contributed by atoms with Crippen LogP contribution in [0, 0.1) is 11.8 Å². The van der Waals surface area contributed by atoms with Gasteiger partial charge < -0.3 is 75.5 Å². The Bertz CT molecular complexity index is 4720. The number of methoxy groups -OCH3 is 1. The number of carboxylic acids is 1.